The molecule has 3 N–H and O–H groups in total. The average Bonchev–Trinajstić information content (AvgIpc) is 3.10. The van der Waals surface area contributed by atoms with Gasteiger partial charge in [-0.05, 0) is 72.1 Å². The van der Waals surface area contributed by atoms with Crippen LogP contribution in [-0.2, 0) is 24.1 Å². The Morgan fingerprint density at radius 3 is 2.48 bits per heavy atom. The molecular formula is C33H36N4O2S. The number of hydrogen-bond donors (Lipinski definition) is 3. The van der Waals surface area contributed by atoms with Crippen LogP contribution in [0.15, 0.2) is 83.8 Å². The molecule has 0 aliphatic carbocycles. The van der Waals surface area contributed by atoms with Crippen LogP contribution in [0.1, 0.15) is 67.0 Å². The second-order valence-corrected chi connectivity index (χ2v) is 11.6. The number of aliphatic carboxylic acids is 1. The maximum atomic E-state index is 10.9. The van der Waals surface area contributed by atoms with Crippen LogP contribution in [0.3, 0.4) is 0 Å². The third kappa shape index (κ3) is 7.42. The van der Waals surface area contributed by atoms with Gasteiger partial charge in [-0.15, -0.1) is 11.8 Å². The molecule has 0 spiro atoms. The molecule has 0 saturated heterocycles. The van der Waals surface area contributed by atoms with Gasteiger partial charge in [0.05, 0.1) is 11.1 Å². The van der Waals surface area contributed by atoms with Crippen LogP contribution >= 0.6 is 11.8 Å². The van der Waals surface area contributed by atoms with Gasteiger partial charge in [0.1, 0.15) is 5.82 Å². The number of carboxylic acids is 1. The predicted molar refractivity (Wildman–Crippen MR) is 164 cm³/mol. The van der Waals surface area contributed by atoms with E-state index in [2.05, 4.69) is 60.9 Å². The van der Waals surface area contributed by atoms with Crippen molar-refractivity contribution in [3.05, 3.63) is 107 Å². The highest BCUT2D eigenvalue weighted by Gasteiger charge is 2.23. The van der Waals surface area contributed by atoms with Crippen molar-refractivity contribution in [2.75, 3.05) is 10.6 Å². The second-order valence-electron chi connectivity index (χ2n) is 10.4. The number of thioether (sulfide) groups is 1. The third-order valence-corrected chi connectivity index (χ3v) is 8.55. The van der Waals surface area contributed by atoms with E-state index < -0.39 is 5.97 Å². The van der Waals surface area contributed by atoms with Gasteiger partial charge in [-0.1, -0.05) is 68.4 Å². The molecule has 0 amide bonds. The van der Waals surface area contributed by atoms with Crippen molar-refractivity contribution in [3.63, 3.8) is 0 Å². The molecule has 7 heteroatoms. The number of nitrogens with one attached hydrogen (secondary N) is 2. The van der Waals surface area contributed by atoms with Crippen LogP contribution in [0.2, 0.25) is 0 Å². The summed E-state index contributed by atoms with van der Waals surface area (Å²) in [4.78, 5) is 22.0. The summed E-state index contributed by atoms with van der Waals surface area (Å²) >= 11 is 1.90. The van der Waals surface area contributed by atoms with Crippen molar-refractivity contribution >= 4 is 35.2 Å². The van der Waals surface area contributed by atoms with Crippen molar-refractivity contribution < 1.29 is 9.90 Å². The van der Waals surface area contributed by atoms with Crippen LogP contribution in [0.4, 0.5) is 17.5 Å². The van der Waals surface area contributed by atoms with Crippen LogP contribution in [0, 0.1) is 0 Å². The fourth-order valence-electron chi connectivity index (χ4n) is 5.00. The lowest BCUT2D eigenvalue weighted by Gasteiger charge is -2.19. The number of hydrogen-bond acceptors (Lipinski definition) is 6. The zero-order valence-electron chi connectivity index (χ0n) is 23.1. The summed E-state index contributed by atoms with van der Waals surface area (Å²) in [7, 11) is 0. The number of rotatable bonds is 10. The van der Waals surface area contributed by atoms with Crippen LogP contribution in [0.25, 0.3) is 0 Å². The van der Waals surface area contributed by atoms with E-state index in [0.29, 0.717) is 24.7 Å². The number of nitrogens with zero attached hydrogens (tertiary/aromatic N) is 2. The van der Waals surface area contributed by atoms with E-state index in [0.717, 1.165) is 42.0 Å². The predicted octanol–water partition coefficient (Wildman–Crippen LogP) is 7.82. The molecular weight excluding hydrogens is 516 g/mol. The minimum Gasteiger partial charge on any atom is -0.481 e. The number of anilines is 3. The normalized spacial score (nSPS) is 16.6. The summed E-state index contributed by atoms with van der Waals surface area (Å²) in [5.74, 6) is 1.08. The lowest BCUT2D eigenvalue weighted by atomic mass is 9.95. The van der Waals surface area contributed by atoms with Crippen LogP contribution in [-0.4, -0.2) is 26.4 Å². The van der Waals surface area contributed by atoms with E-state index in [9.17, 15) is 4.79 Å². The number of benzene rings is 3. The monoisotopic (exact) mass is 552 g/mol. The first-order valence-corrected chi connectivity index (χ1v) is 14.9. The summed E-state index contributed by atoms with van der Waals surface area (Å²) < 4.78 is 0. The Hall–Kier alpha value is -3.84. The van der Waals surface area contributed by atoms with Gasteiger partial charge in [0.2, 0.25) is 5.95 Å². The highest BCUT2D eigenvalue weighted by Crippen LogP contribution is 2.40. The topological polar surface area (TPSA) is 87.1 Å². The minimum absolute atomic E-state index is 0.120. The summed E-state index contributed by atoms with van der Waals surface area (Å²) in [6.45, 7) is 4.53. The molecule has 206 valence electrons. The molecule has 1 aromatic heterocycles. The summed E-state index contributed by atoms with van der Waals surface area (Å²) in [6, 6.07) is 27.1. The fraction of sp³-hybridized carbons (Fsp3) is 0.303. The summed E-state index contributed by atoms with van der Waals surface area (Å²) in [5, 5.41) is 16.3. The fourth-order valence-corrected chi connectivity index (χ4v) is 6.37. The van der Waals surface area contributed by atoms with E-state index in [-0.39, 0.29) is 11.8 Å². The molecule has 2 atom stereocenters. The van der Waals surface area contributed by atoms with Crippen molar-refractivity contribution in [1.29, 1.82) is 0 Å². The molecule has 5 rings (SSSR count). The third-order valence-electron chi connectivity index (χ3n) is 7.30. The Morgan fingerprint density at radius 1 is 0.950 bits per heavy atom. The Morgan fingerprint density at radius 2 is 1.73 bits per heavy atom. The molecule has 0 saturated carbocycles. The van der Waals surface area contributed by atoms with Crippen LogP contribution in [0.5, 0.6) is 0 Å². The van der Waals surface area contributed by atoms with E-state index in [4.69, 9.17) is 15.1 Å². The maximum absolute atomic E-state index is 10.9. The summed E-state index contributed by atoms with van der Waals surface area (Å²) in [6.07, 6.45) is 4.52. The largest absolute Gasteiger partial charge is 0.481 e. The highest BCUT2D eigenvalue weighted by molar-refractivity contribution is 8.00. The highest BCUT2D eigenvalue weighted by atomic mass is 32.2. The van der Waals surface area contributed by atoms with Crippen molar-refractivity contribution in [1.82, 2.24) is 9.97 Å². The number of aromatic nitrogens is 2. The number of carbonyl (C=O) groups is 1. The molecule has 2 unspecified atom stereocenters. The Bertz CT molecular complexity index is 1440. The number of aryl methyl sites for hydroxylation is 2. The standard InChI is InChI=1S/C33H36N4O2S/c1-3-23-12-16-28-22(2)9-17-31(40-29(28)20-23)36-30-21-27(19-25-7-5-4-6-8-25)35-33(37-30)34-26-14-10-24(11-15-26)13-18-32(38)39/h4-8,10-12,14-16,20-22,31H,3,9,13,17-19H2,1-2H3,(H,38,39)(H2,34,35,36,37). The lowest BCUT2D eigenvalue weighted by Crippen LogP contribution is -2.17. The van der Waals surface area contributed by atoms with Crippen molar-refractivity contribution in [3.8, 4) is 0 Å². The van der Waals surface area contributed by atoms with Gasteiger partial charge in [-0.2, -0.15) is 4.98 Å². The molecule has 1 aliphatic rings. The number of carboxylic acid groups (broad SMARTS) is 1. The first-order chi connectivity index (χ1) is 19.4. The van der Waals surface area contributed by atoms with E-state index in [1.807, 2.05) is 54.2 Å². The molecule has 0 fully saturated rings. The summed E-state index contributed by atoms with van der Waals surface area (Å²) in [5.41, 5.74) is 6.78. The zero-order chi connectivity index (χ0) is 27.9. The van der Waals surface area contributed by atoms with Gasteiger partial charge in [0.15, 0.2) is 0 Å². The van der Waals surface area contributed by atoms with Gasteiger partial charge in [-0.25, -0.2) is 4.98 Å². The van der Waals surface area contributed by atoms with Crippen molar-refractivity contribution in [2.45, 2.75) is 68.6 Å². The molecule has 0 bridgehead atoms. The molecule has 2 heterocycles. The van der Waals surface area contributed by atoms with E-state index in [1.165, 1.54) is 21.6 Å². The first kappa shape index (κ1) is 27.7. The smallest absolute Gasteiger partial charge is 0.303 e. The molecule has 0 radical (unpaired) electrons. The van der Waals surface area contributed by atoms with Gasteiger partial charge >= 0.3 is 5.97 Å². The lowest BCUT2D eigenvalue weighted by molar-refractivity contribution is -0.136. The second kappa shape index (κ2) is 13.0. The SMILES string of the molecule is CCc1ccc2c(c1)SC(Nc1cc(Cc3ccccc3)nc(Nc3ccc(CCC(=O)O)cc3)n1)CCC2C. The van der Waals surface area contributed by atoms with Gasteiger partial charge in [0, 0.05) is 29.5 Å². The van der Waals surface area contributed by atoms with Crippen molar-refractivity contribution in [2.24, 2.45) is 0 Å². The Balaban J connectivity index is 1.38. The van der Waals surface area contributed by atoms with Gasteiger partial charge in [-0.3, -0.25) is 4.79 Å². The molecule has 6 nitrogen and oxygen atoms in total. The van der Waals surface area contributed by atoms with Gasteiger partial charge < -0.3 is 15.7 Å². The first-order valence-electron chi connectivity index (χ1n) is 14.0. The Labute approximate surface area is 240 Å². The van der Waals surface area contributed by atoms with Gasteiger partial charge in [0.25, 0.3) is 0 Å². The zero-order valence-corrected chi connectivity index (χ0v) is 23.9. The van der Waals surface area contributed by atoms with E-state index in [1.54, 1.807) is 0 Å². The van der Waals surface area contributed by atoms with Crippen LogP contribution < -0.4 is 10.6 Å². The molecule has 3 aromatic carbocycles. The molecule has 40 heavy (non-hydrogen) atoms. The number of fused-ring (bicyclic) bond motifs is 1. The molecule has 4 aromatic rings. The molecule has 1 aliphatic heterocycles. The average molecular weight is 553 g/mol. The maximum Gasteiger partial charge on any atom is 0.303 e. The van der Waals surface area contributed by atoms with E-state index >= 15 is 0 Å². The Kier molecular flexibility index (Phi) is 9.01. The quantitative estimate of drug-likeness (QED) is 0.185. The minimum atomic E-state index is -0.790.